The summed E-state index contributed by atoms with van der Waals surface area (Å²) in [5.41, 5.74) is 5.18. The molecule has 4 N–H and O–H groups in total. The van der Waals surface area contributed by atoms with Gasteiger partial charge in [-0.05, 0) is 71.6 Å². The average Bonchev–Trinajstić information content (AvgIpc) is 4.04. The van der Waals surface area contributed by atoms with E-state index in [9.17, 15) is 19.8 Å². The molecule has 0 spiro atoms. The van der Waals surface area contributed by atoms with Crippen LogP contribution in [0.3, 0.4) is 0 Å². The summed E-state index contributed by atoms with van der Waals surface area (Å²) in [4.78, 5) is 22.4. The van der Waals surface area contributed by atoms with Crippen LogP contribution in [0.2, 0.25) is 0 Å². The number of nitrogens with zero attached hydrogens (tertiary/aromatic N) is 6. The highest BCUT2D eigenvalue weighted by atomic mass is 16.5. The Hall–Kier alpha value is -5.88. The lowest BCUT2D eigenvalue weighted by Crippen LogP contribution is -2.29. The van der Waals surface area contributed by atoms with Crippen molar-refractivity contribution < 1.29 is 43.5 Å². The van der Waals surface area contributed by atoms with E-state index in [4.69, 9.17) is 23.7 Å². The number of aromatic nitrogens is 6. The van der Waals surface area contributed by atoms with E-state index in [0.29, 0.717) is 81.7 Å². The topological polar surface area (TPSA) is 206 Å². The van der Waals surface area contributed by atoms with Crippen molar-refractivity contribution in [1.82, 2.24) is 40.6 Å². The Morgan fingerprint density at radius 2 is 1.12 bits per heavy atom. The maximum absolute atomic E-state index is 11.2. The zero-order valence-electron chi connectivity index (χ0n) is 31.5. The molecule has 3 aromatic carbocycles. The number of ether oxygens (including phenoxy) is 5. The molecule has 2 saturated heterocycles. The largest absolute Gasteiger partial charge is 0.494 e. The molecule has 0 aliphatic carbocycles. The summed E-state index contributed by atoms with van der Waals surface area (Å²) in [6, 6.07) is 20.4. The third kappa shape index (κ3) is 11.3. The van der Waals surface area contributed by atoms with Gasteiger partial charge in [0.25, 0.3) is 0 Å². The van der Waals surface area contributed by atoms with Crippen molar-refractivity contribution in [3.63, 3.8) is 0 Å². The molecule has 17 heteroatoms. The molecule has 2 fully saturated rings. The molecule has 0 amide bonds. The second kappa shape index (κ2) is 18.8. The fourth-order valence-electron chi connectivity index (χ4n) is 6.73. The molecular weight excluding hydrogens is 736 g/mol. The molecule has 5 aromatic rings. The number of carboxylic acids is 2. The molecule has 4 heterocycles. The minimum Gasteiger partial charge on any atom is -0.494 e. The summed E-state index contributed by atoms with van der Waals surface area (Å²) in [6.07, 6.45) is 4.13. The van der Waals surface area contributed by atoms with Crippen LogP contribution in [0.25, 0.3) is 0 Å². The summed E-state index contributed by atoms with van der Waals surface area (Å²) in [7, 11) is 0. The van der Waals surface area contributed by atoms with Crippen LogP contribution in [0.5, 0.6) is 17.2 Å². The monoisotopic (exact) mass is 782 g/mol. The van der Waals surface area contributed by atoms with Crippen LogP contribution in [0.15, 0.2) is 79.1 Å². The first kappa shape index (κ1) is 39.4. The number of hydrogen-bond donors (Lipinski definition) is 4. The standard InChI is InChI=1S/C40H46N8O9/c1-2-53-34-12-28(22-54-32-7-3-5-26(10-32)18-47-20-30(43-45-47)24-56-35-14-37(39(49)50)41-16-35)9-29(13-34)23-55-33-8-4-6-27(11-33)19-48-21-31(44-46-48)25-57-36-15-38(40(51)52)42-17-36/h3-13,20-21,35-38,41-42H,2,14-19,22-25H2,1H3,(H,49,50)(H,51,52)/t35-,36-,37+,38+/m1/s1. The maximum atomic E-state index is 11.2. The van der Waals surface area contributed by atoms with Gasteiger partial charge in [0, 0.05) is 25.9 Å². The van der Waals surface area contributed by atoms with Crippen molar-refractivity contribution in [2.75, 3.05) is 19.7 Å². The molecule has 2 aliphatic rings. The first-order valence-corrected chi connectivity index (χ1v) is 18.9. The van der Waals surface area contributed by atoms with Crippen molar-refractivity contribution >= 4 is 11.9 Å². The molecule has 0 bridgehead atoms. The lowest BCUT2D eigenvalue weighted by atomic mass is 10.1. The number of carbonyl (C=O) groups is 2. The third-order valence-electron chi connectivity index (χ3n) is 9.52. The van der Waals surface area contributed by atoms with Crippen LogP contribution in [0, 0.1) is 0 Å². The van der Waals surface area contributed by atoms with Gasteiger partial charge in [-0.15, -0.1) is 10.2 Å². The Labute approximate surface area is 328 Å². The predicted molar refractivity (Wildman–Crippen MR) is 203 cm³/mol. The summed E-state index contributed by atoms with van der Waals surface area (Å²) in [6.45, 7) is 5.58. The van der Waals surface area contributed by atoms with Crippen LogP contribution in [-0.4, -0.2) is 96.1 Å². The van der Waals surface area contributed by atoms with Crippen LogP contribution >= 0.6 is 0 Å². The molecule has 7 rings (SSSR count). The van der Waals surface area contributed by atoms with E-state index >= 15 is 0 Å². The van der Waals surface area contributed by atoms with Gasteiger partial charge in [-0.3, -0.25) is 9.59 Å². The molecule has 0 saturated carbocycles. The molecule has 0 radical (unpaired) electrons. The molecule has 57 heavy (non-hydrogen) atoms. The lowest BCUT2D eigenvalue weighted by molar-refractivity contribution is -0.140. The van der Waals surface area contributed by atoms with Gasteiger partial charge in [-0.1, -0.05) is 34.7 Å². The van der Waals surface area contributed by atoms with Crippen molar-refractivity contribution in [2.45, 2.75) is 83.6 Å². The Bertz CT molecular complexity index is 1980. The van der Waals surface area contributed by atoms with Gasteiger partial charge < -0.3 is 44.5 Å². The fourth-order valence-corrected chi connectivity index (χ4v) is 6.73. The first-order valence-electron chi connectivity index (χ1n) is 18.9. The average molecular weight is 783 g/mol. The van der Waals surface area contributed by atoms with Gasteiger partial charge in [0.05, 0.1) is 57.5 Å². The number of hydrogen-bond acceptors (Lipinski definition) is 13. The van der Waals surface area contributed by atoms with Gasteiger partial charge in [-0.25, -0.2) is 9.36 Å². The van der Waals surface area contributed by atoms with E-state index in [0.717, 1.165) is 28.0 Å². The van der Waals surface area contributed by atoms with Gasteiger partial charge in [-0.2, -0.15) is 0 Å². The molecule has 0 unspecified atom stereocenters. The summed E-state index contributed by atoms with van der Waals surface area (Å²) >= 11 is 0. The second-order valence-corrected chi connectivity index (χ2v) is 14.0. The molecule has 2 aromatic heterocycles. The molecule has 300 valence electrons. The van der Waals surface area contributed by atoms with E-state index in [-0.39, 0.29) is 25.4 Å². The Morgan fingerprint density at radius 1 is 0.649 bits per heavy atom. The Balaban J connectivity index is 0.892. The van der Waals surface area contributed by atoms with Gasteiger partial charge >= 0.3 is 11.9 Å². The number of benzene rings is 3. The van der Waals surface area contributed by atoms with Gasteiger partial charge in [0.1, 0.15) is 53.9 Å². The van der Waals surface area contributed by atoms with E-state index in [2.05, 4.69) is 31.3 Å². The van der Waals surface area contributed by atoms with Crippen molar-refractivity contribution in [2.24, 2.45) is 0 Å². The van der Waals surface area contributed by atoms with Crippen molar-refractivity contribution in [1.29, 1.82) is 0 Å². The normalized spacial score (nSPS) is 19.1. The third-order valence-corrected chi connectivity index (χ3v) is 9.52. The van der Waals surface area contributed by atoms with Crippen LogP contribution < -0.4 is 24.8 Å². The minimum absolute atomic E-state index is 0.181. The highest BCUT2D eigenvalue weighted by molar-refractivity contribution is 5.74. The number of carboxylic acid groups (broad SMARTS) is 2. The predicted octanol–water partition coefficient (Wildman–Crippen LogP) is 3.19. The van der Waals surface area contributed by atoms with Crippen LogP contribution in [0.1, 0.15) is 53.4 Å². The highest BCUT2D eigenvalue weighted by Gasteiger charge is 2.30. The zero-order valence-corrected chi connectivity index (χ0v) is 31.5. The first-order chi connectivity index (χ1) is 27.7. The van der Waals surface area contributed by atoms with E-state index in [1.807, 2.05) is 86.0 Å². The maximum Gasteiger partial charge on any atom is 0.320 e. The summed E-state index contributed by atoms with van der Waals surface area (Å²) in [5, 5.41) is 41.1. The minimum atomic E-state index is -0.870. The highest BCUT2D eigenvalue weighted by Crippen LogP contribution is 2.23. The van der Waals surface area contributed by atoms with Gasteiger partial charge in [0.15, 0.2) is 0 Å². The second-order valence-electron chi connectivity index (χ2n) is 14.0. The Morgan fingerprint density at radius 3 is 1.56 bits per heavy atom. The molecule has 4 atom stereocenters. The number of rotatable bonds is 20. The fraction of sp³-hybridized carbons (Fsp3) is 0.400. The molecule has 2 aliphatic heterocycles. The zero-order chi connectivity index (χ0) is 39.6. The van der Waals surface area contributed by atoms with Crippen LogP contribution in [-0.2, 0) is 58.6 Å². The number of nitrogens with one attached hydrogen (secondary N) is 2. The SMILES string of the molecule is CCOc1cc(COc2cccc(Cn3cc(CO[C@H]4CN[C@H](C(=O)O)C4)nn3)c2)cc(COc2cccc(Cn3cc(CO[C@H]4CN[C@H](C(=O)O)C4)nn3)c2)c1. The van der Waals surface area contributed by atoms with E-state index in [1.54, 1.807) is 9.36 Å². The van der Waals surface area contributed by atoms with Crippen molar-refractivity contribution in [3.05, 3.63) is 113 Å². The summed E-state index contributed by atoms with van der Waals surface area (Å²) in [5.74, 6) is 0.409. The van der Waals surface area contributed by atoms with Crippen molar-refractivity contribution in [3.8, 4) is 17.2 Å². The van der Waals surface area contributed by atoms with E-state index < -0.39 is 24.0 Å². The molecule has 17 nitrogen and oxygen atoms in total. The van der Waals surface area contributed by atoms with Crippen LogP contribution in [0.4, 0.5) is 0 Å². The smallest absolute Gasteiger partial charge is 0.320 e. The Kier molecular flexibility index (Phi) is 13.0. The summed E-state index contributed by atoms with van der Waals surface area (Å²) < 4.78 is 33.5. The van der Waals surface area contributed by atoms with Gasteiger partial charge in [0.2, 0.25) is 0 Å². The number of aliphatic carboxylic acids is 2. The van der Waals surface area contributed by atoms with E-state index in [1.165, 1.54) is 0 Å². The quantitative estimate of drug-likeness (QED) is 0.0895. The molecular formula is C40H46N8O9. The lowest BCUT2D eigenvalue weighted by Gasteiger charge is -2.13.